The smallest absolute Gasteiger partial charge is 0.264 e. The minimum atomic E-state index is -3.74. The minimum absolute atomic E-state index is 0.0197. The van der Waals surface area contributed by atoms with Crippen LogP contribution in [-0.4, -0.2) is 46.8 Å². The molecule has 0 aliphatic carbocycles. The van der Waals surface area contributed by atoms with Crippen LogP contribution in [0.4, 0.5) is 5.69 Å². The van der Waals surface area contributed by atoms with Gasteiger partial charge in [0.25, 0.3) is 10.0 Å². The Labute approximate surface area is 144 Å². The summed E-state index contributed by atoms with van der Waals surface area (Å²) in [5.74, 6) is 0. The molecule has 2 aromatic carbocycles. The van der Waals surface area contributed by atoms with Gasteiger partial charge in [0, 0.05) is 0 Å². The summed E-state index contributed by atoms with van der Waals surface area (Å²) in [6.45, 7) is 2.40. The summed E-state index contributed by atoms with van der Waals surface area (Å²) in [7, 11) is 0.107. The second-order valence-electron chi connectivity index (χ2n) is 6.25. The molecule has 130 valence electrons. The van der Waals surface area contributed by atoms with E-state index in [-0.39, 0.29) is 11.4 Å². The van der Waals surface area contributed by atoms with Gasteiger partial charge in [0.05, 0.1) is 31.2 Å². The second-order valence-corrected chi connectivity index (χ2v) is 8.12. The van der Waals surface area contributed by atoms with E-state index >= 15 is 0 Å². The molecule has 0 fully saturated rings. The number of nitrogens with zero attached hydrogens (tertiary/aromatic N) is 1. The number of nitrogens with one attached hydrogen (secondary N) is 1. The number of hydrogen-bond donors (Lipinski definition) is 2. The summed E-state index contributed by atoms with van der Waals surface area (Å²) >= 11 is 0. The largest absolute Gasteiger partial charge is 0.385 e. The van der Waals surface area contributed by atoms with Gasteiger partial charge < -0.3 is 10.0 Å². The van der Waals surface area contributed by atoms with Gasteiger partial charge in [-0.3, -0.25) is 4.31 Å². The van der Waals surface area contributed by atoms with Gasteiger partial charge in [-0.05, 0) is 36.8 Å². The van der Waals surface area contributed by atoms with Crippen LogP contribution in [0.15, 0.2) is 59.5 Å². The Hall–Kier alpha value is -1.89. The van der Waals surface area contributed by atoms with Gasteiger partial charge >= 0.3 is 0 Å². The Morgan fingerprint density at radius 2 is 1.75 bits per heavy atom. The first-order valence-electron chi connectivity index (χ1n) is 7.92. The Morgan fingerprint density at radius 3 is 2.33 bits per heavy atom. The van der Waals surface area contributed by atoms with Gasteiger partial charge in [-0.25, -0.2) is 8.42 Å². The van der Waals surface area contributed by atoms with Gasteiger partial charge in [0.15, 0.2) is 0 Å². The molecule has 0 spiro atoms. The van der Waals surface area contributed by atoms with Crippen molar-refractivity contribution in [3.8, 4) is 0 Å². The quantitative estimate of drug-likeness (QED) is 0.773. The van der Waals surface area contributed by atoms with E-state index in [4.69, 9.17) is 0 Å². The molecule has 0 saturated carbocycles. The maximum Gasteiger partial charge on any atom is 0.264 e. The number of hydrogen-bond acceptors (Lipinski definition) is 3. The molecule has 0 heterocycles. The van der Waals surface area contributed by atoms with Crippen molar-refractivity contribution in [2.24, 2.45) is 0 Å². The van der Waals surface area contributed by atoms with Crippen LogP contribution in [0, 0.1) is 6.92 Å². The maximum absolute atomic E-state index is 13.1. The van der Waals surface area contributed by atoms with Crippen molar-refractivity contribution >= 4 is 15.7 Å². The molecule has 2 N–H and O–H groups in total. The molecule has 0 aliphatic rings. The average Bonchev–Trinajstić information content (AvgIpc) is 2.52. The molecular weight excluding hydrogens is 324 g/mol. The highest BCUT2D eigenvalue weighted by Gasteiger charge is 2.27. The van der Waals surface area contributed by atoms with Crippen molar-refractivity contribution in [1.29, 1.82) is 0 Å². The van der Waals surface area contributed by atoms with E-state index in [9.17, 15) is 13.5 Å². The third-order valence-electron chi connectivity index (χ3n) is 3.64. The van der Waals surface area contributed by atoms with Crippen molar-refractivity contribution in [3.63, 3.8) is 0 Å². The number of sulfonamides is 1. The predicted octanol–water partition coefficient (Wildman–Crippen LogP) is 0.696. The molecule has 1 atom stereocenters. The lowest BCUT2D eigenvalue weighted by Gasteiger charge is -2.27. The zero-order chi connectivity index (χ0) is 17.7. The SMILES string of the molecule is Cc1cccc(N(C[C@@H](O)C[NH+](C)C)S(=O)(=O)c2ccccc2)c1. The van der Waals surface area contributed by atoms with Crippen LogP contribution in [0.2, 0.25) is 0 Å². The molecule has 2 rings (SSSR count). The number of aryl methyl sites for hydroxylation is 1. The highest BCUT2D eigenvalue weighted by molar-refractivity contribution is 7.92. The summed E-state index contributed by atoms with van der Waals surface area (Å²) in [6.07, 6.45) is -0.756. The summed E-state index contributed by atoms with van der Waals surface area (Å²) in [5, 5.41) is 10.3. The first-order chi connectivity index (χ1) is 11.3. The van der Waals surface area contributed by atoms with E-state index in [0.717, 1.165) is 10.5 Å². The molecule has 0 unspecified atom stereocenters. The Bertz CT molecular complexity index is 761. The van der Waals surface area contributed by atoms with Crippen molar-refractivity contribution in [2.75, 3.05) is 31.5 Å². The highest BCUT2D eigenvalue weighted by Crippen LogP contribution is 2.24. The number of aliphatic hydroxyl groups is 1. The fraction of sp³-hybridized carbons (Fsp3) is 0.333. The standard InChI is InChI=1S/C18H24N2O3S/c1-15-8-7-9-16(12-15)20(14-17(21)13-19(2)3)24(22,23)18-10-5-4-6-11-18/h4-12,17,21H,13-14H2,1-3H3/p+1/t17-/m0/s1. The summed E-state index contributed by atoms with van der Waals surface area (Å²) in [5.41, 5.74) is 1.53. The first-order valence-corrected chi connectivity index (χ1v) is 9.36. The number of likely N-dealkylation sites (N-methyl/N-ethyl adjacent to an activating group) is 1. The Morgan fingerprint density at radius 1 is 1.08 bits per heavy atom. The Kier molecular flexibility index (Phi) is 5.99. The van der Waals surface area contributed by atoms with Crippen LogP contribution in [0.5, 0.6) is 0 Å². The topological polar surface area (TPSA) is 62.1 Å². The van der Waals surface area contributed by atoms with E-state index in [0.29, 0.717) is 12.2 Å². The van der Waals surface area contributed by atoms with E-state index in [1.165, 1.54) is 4.31 Å². The van der Waals surface area contributed by atoms with Crippen LogP contribution < -0.4 is 9.21 Å². The van der Waals surface area contributed by atoms with Gasteiger partial charge in [-0.2, -0.15) is 0 Å². The van der Waals surface area contributed by atoms with Gasteiger partial charge in [-0.15, -0.1) is 0 Å². The average molecular weight is 349 g/mol. The number of anilines is 1. The third-order valence-corrected chi connectivity index (χ3v) is 5.45. The van der Waals surface area contributed by atoms with Gasteiger partial charge in [-0.1, -0.05) is 30.3 Å². The van der Waals surface area contributed by atoms with E-state index in [1.807, 2.05) is 39.2 Å². The maximum atomic E-state index is 13.1. The number of quaternary nitrogens is 1. The molecule has 0 saturated heterocycles. The molecule has 0 radical (unpaired) electrons. The third kappa shape index (κ3) is 4.56. The number of rotatable bonds is 7. The van der Waals surface area contributed by atoms with Crippen molar-refractivity contribution < 1.29 is 18.4 Å². The van der Waals surface area contributed by atoms with Crippen molar-refractivity contribution in [2.45, 2.75) is 17.9 Å². The van der Waals surface area contributed by atoms with E-state index in [1.54, 1.807) is 36.4 Å². The van der Waals surface area contributed by atoms with Gasteiger partial charge in [0.1, 0.15) is 12.6 Å². The molecule has 5 nitrogen and oxygen atoms in total. The fourth-order valence-corrected chi connectivity index (χ4v) is 4.09. The lowest BCUT2D eigenvalue weighted by molar-refractivity contribution is -0.861. The second kappa shape index (κ2) is 7.79. The molecule has 0 bridgehead atoms. The molecule has 2 aromatic rings. The van der Waals surface area contributed by atoms with Crippen LogP contribution in [0.1, 0.15) is 5.56 Å². The van der Waals surface area contributed by atoms with Gasteiger partial charge in [0.2, 0.25) is 0 Å². The summed E-state index contributed by atoms with van der Waals surface area (Å²) in [4.78, 5) is 1.28. The monoisotopic (exact) mass is 349 g/mol. The first kappa shape index (κ1) is 18.4. The zero-order valence-corrected chi connectivity index (χ0v) is 15.1. The van der Waals surface area contributed by atoms with Crippen molar-refractivity contribution in [1.82, 2.24) is 0 Å². The lowest BCUT2D eigenvalue weighted by atomic mass is 10.2. The molecule has 0 aromatic heterocycles. The van der Waals surface area contributed by atoms with Crippen molar-refractivity contribution in [3.05, 3.63) is 60.2 Å². The summed E-state index contributed by atoms with van der Waals surface area (Å²) < 4.78 is 27.4. The minimum Gasteiger partial charge on any atom is -0.385 e. The summed E-state index contributed by atoms with van der Waals surface area (Å²) in [6, 6.07) is 15.6. The molecular formula is C18H25N2O3S+. The van der Waals surface area contributed by atoms with E-state index < -0.39 is 16.1 Å². The van der Waals surface area contributed by atoms with Crippen LogP contribution >= 0.6 is 0 Å². The Balaban J connectivity index is 2.43. The number of benzene rings is 2. The van der Waals surface area contributed by atoms with Crippen LogP contribution in [-0.2, 0) is 10.0 Å². The zero-order valence-electron chi connectivity index (χ0n) is 14.3. The molecule has 0 amide bonds. The van der Waals surface area contributed by atoms with E-state index in [2.05, 4.69) is 0 Å². The van der Waals surface area contributed by atoms with Crippen LogP contribution in [0.25, 0.3) is 0 Å². The molecule has 24 heavy (non-hydrogen) atoms. The number of aliphatic hydroxyl groups excluding tert-OH is 1. The predicted molar refractivity (Wildman–Crippen MR) is 95.8 cm³/mol. The molecule has 6 heteroatoms. The highest BCUT2D eigenvalue weighted by atomic mass is 32.2. The lowest BCUT2D eigenvalue weighted by Crippen LogP contribution is -3.07. The molecule has 0 aliphatic heterocycles. The normalized spacial score (nSPS) is 13.0. The fourth-order valence-electron chi connectivity index (χ4n) is 2.57. The van der Waals surface area contributed by atoms with Crippen LogP contribution in [0.3, 0.4) is 0 Å².